The van der Waals surface area contributed by atoms with Crippen LogP contribution in [0.15, 0.2) is 66.4 Å². The quantitative estimate of drug-likeness (QED) is 0.265. The summed E-state index contributed by atoms with van der Waals surface area (Å²) in [7, 11) is 0. The summed E-state index contributed by atoms with van der Waals surface area (Å²) in [4.78, 5) is 15.7. The highest BCUT2D eigenvalue weighted by molar-refractivity contribution is 5.94. The molecular formula is C34H44FN3O2. The first kappa shape index (κ1) is 34.2. The van der Waals surface area contributed by atoms with E-state index in [2.05, 4.69) is 22.9 Å². The summed E-state index contributed by atoms with van der Waals surface area (Å²) < 4.78 is 20.0. The van der Waals surface area contributed by atoms with Crippen molar-refractivity contribution in [2.45, 2.75) is 74.3 Å². The van der Waals surface area contributed by atoms with Crippen molar-refractivity contribution in [1.82, 2.24) is 4.98 Å². The Balaban J connectivity index is 0.00000191. The van der Waals surface area contributed by atoms with Gasteiger partial charge in [0.1, 0.15) is 17.6 Å². The number of carbonyl (C=O) groups excluding carboxylic acids is 1. The summed E-state index contributed by atoms with van der Waals surface area (Å²) >= 11 is 0. The smallest absolute Gasteiger partial charge is 0.161 e. The number of nitriles is 1. The highest BCUT2D eigenvalue weighted by Gasteiger charge is 2.16. The lowest BCUT2D eigenvalue weighted by Gasteiger charge is -2.24. The van der Waals surface area contributed by atoms with Crippen LogP contribution >= 0.6 is 0 Å². The number of allylic oxidation sites excluding steroid dienone is 7. The molecule has 1 N–H and O–H groups in total. The normalized spacial score (nSPS) is 14.2. The van der Waals surface area contributed by atoms with Gasteiger partial charge in [-0.1, -0.05) is 58.6 Å². The molecule has 1 saturated heterocycles. The van der Waals surface area contributed by atoms with Gasteiger partial charge in [0.25, 0.3) is 0 Å². The lowest BCUT2D eigenvalue weighted by molar-refractivity contribution is 0.0904. The predicted molar refractivity (Wildman–Crippen MR) is 166 cm³/mol. The SMILES string of the molecule is C=C(/C=C(\C)c1ncc(C(C)=O)cc1F)/C(C)=C(\C=C/C)c1ccc(NC2CCOCC2)c(C#N)c1.CC.CC. The minimum Gasteiger partial charge on any atom is -0.381 e. The standard InChI is InChI=1S/C30H32FN3O2.2C2H6/c1-6-7-27(23-8-9-29(24(15-23)17-32)34-26-10-12-36-13-11-26)21(4)19(2)14-20(3)30-28(31)16-25(18-33-30)22(5)35;2*1-2/h6-9,14-16,18,26,34H,2,10-13H2,1,3-5H3;2*1-2H3/b7-6-,20-14+,27-21+;;. The zero-order chi connectivity index (χ0) is 30.2. The number of ether oxygens (including phenoxy) is 1. The van der Waals surface area contributed by atoms with Crippen molar-refractivity contribution >= 4 is 22.6 Å². The van der Waals surface area contributed by atoms with Gasteiger partial charge in [0.05, 0.1) is 11.3 Å². The first-order chi connectivity index (χ1) is 19.2. The van der Waals surface area contributed by atoms with E-state index in [0.29, 0.717) is 16.7 Å². The third kappa shape index (κ3) is 9.43. The van der Waals surface area contributed by atoms with Gasteiger partial charge in [-0.05, 0) is 86.6 Å². The molecule has 0 atom stereocenters. The number of rotatable bonds is 8. The number of anilines is 1. The summed E-state index contributed by atoms with van der Waals surface area (Å²) in [6.45, 7) is 20.7. The highest BCUT2D eigenvalue weighted by atomic mass is 19.1. The van der Waals surface area contributed by atoms with Crippen LogP contribution in [-0.2, 0) is 4.74 Å². The molecule has 1 aliphatic heterocycles. The van der Waals surface area contributed by atoms with Crippen molar-refractivity contribution in [2.24, 2.45) is 0 Å². The van der Waals surface area contributed by atoms with E-state index in [0.717, 1.165) is 48.5 Å². The zero-order valence-corrected chi connectivity index (χ0v) is 25.3. The van der Waals surface area contributed by atoms with Crippen molar-refractivity contribution in [3.63, 3.8) is 0 Å². The molecule has 214 valence electrons. The van der Waals surface area contributed by atoms with Crippen LogP contribution in [0.5, 0.6) is 0 Å². The van der Waals surface area contributed by atoms with Crippen LogP contribution in [0.3, 0.4) is 0 Å². The Morgan fingerprint density at radius 2 is 1.77 bits per heavy atom. The molecule has 0 bridgehead atoms. The molecule has 2 heterocycles. The largest absolute Gasteiger partial charge is 0.381 e. The van der Waals surface area contributed by atoms with E-state index in [9.17, 15) is 14.4 Å². The van der Waals surface area contributed by atoms with E-state index in [1.165, 1.54) is 19.2 Å². The minimum atomic E-state index is -0.550. The number of pyridine rings is 1. The van der Waals surface area contributed by atoms with Crippen molar-refractivity contribution < 1.29 is 13.9 Å². The van der Waals surface area contributed by atoms with Gasteiger partial charge in [-0.25, -0.2) is 4.39 Å². The molecule has 0 amide bonds. The van der Waals surface area contributed by atoms with E-state index < -0.39 is 5.82 Å². The number of hydrogen-bond acceptors (Lipinski definition) is 5. The van der Waals surface area contributed by atoms with Gasteiger partial charge in [0, 0.05) is 31.0 Å². The molecule has 1 aromatic heterocycles. The molecular weight excluding hydrogens is 501 g/mol. The van der Waals surface area contributed by atoms with Crippen LogP contribution in [0.2, 0.25) is 0 Å². The Hall–Kier alpha value is -3.82. The fourth-order valence-electron chi connectivity index (χ4n) is 4.13. The van der Waals surface area contributed by atoms with Crippen LogP contribution < -0.4 is 5.32 Å². The van der Waals surface area contributed by atoms with E-state index >= 15 is 0 Å². The summed E-state index contributed by atoms with van der Waals surface area (Å²) in [6, 6.07) is 9.63. The van der Waals surface area contributed by atoms with Crippen molar-refractivity contribution in [2.75, 3.05) is 18.5 Å². The molecule has 0 radical (unpaired) electrons. The number of Topliss-reactive ketones (excluding diaryl/α,β-unsaturated/α-hetero) is 1. The summed E-state index contributed by atoms with van der Waals surface area (Å²) in [6.07, 6.45) is 8.90. The lowest BCUT2D eigenvalue weighted by Crippen LogP contribution is -2.28. The average molecular weight is 546 g/mol. The molecule has 2 aromatic rings. The van der Waals surface area contributed by atoms with Gasteiger partial charge in [-0.2, -0.15) is 5.26 Å². The summed E-state index contributed by atoms with van der Waals surface area (Å²) in [5, 5.41) is 13.3. The van der Waals surface area contributed by atoms with Crippen molar-refractivity contribution in [3.05, 3.63) is 94.6 Å². The molecule has 1 fully saturated rings. The van der Waals surface area contributed by atoms with Gasteiger partial charge in [-0.15, -0.1) is 0 Å². The molecule has 6 heteroatoms. The van der Waals surface area contributed by atoms with Gasteiger partial charge in [-0.3, -0.25) is 9.78 Å². The van der Waals surface area contributed by atoms with Crippen LogP contribution in [0.25, 0.3) is 11.1 Å². The summed E-state index contributed by atoms with van der Waals surface area (Å²) in [5.41, 5.74) is 5.79. The monoisotopic (exact) mass is 545 g/mol. The second-order valence-electron chi connectivity index (χ2n) is 8.91. The molecule has 0 unspecified atom stereocenters. The maximum Gasteiger partial charge on any atom is 0.161 e. The Bertz CT molecular complexity index is 1290. The van der Waals surface area contributed by atoms with E-state index in [1.807, 2.05) is 71.9 Å². The fraction of sp³-hybridized carbons (Fsp3) is 0.382. The molecule has 0 aliphatic carbocycles. The second-order valence-corrected chi connectivity index (χ2v) is 8.91. The Labute approximate surface area is 240 Å². The highest BCUT2D eigenvalue weighted by Crippen LogP contribution is 2.30. The van der Waals surface area contributed by atoms with E-state index in [-0.39, 0.29) is 23.1 Å². The Kier molecular flexibility index (Phi) is 15.1. The van der Waals surface area contributed by atoms with E-state index in [4.69, 9.17) is 4.74 Å². The van der Waals surface area contributed by atoms with Gasteiger partial charge in [0.15, 0.2) is 5.78 Å². The maximum atomic E-state index is 14.6. The number of nitrogens with zero attached hydrogens (tertiary/aromatic N) is 2. The first-order valence-corrected chi connectivity index (χ1v) is 14.0. The van der Waals surface area contributed by atoms with Crippen LogP contribution in [0.4, 0.5) is 10.1 Å². The number of hydrogen-bond donors (Lipinski definition) is 1. The number of halogens is 1. The van der Waals surface area contributed by atoms with Crippen molar-refractivity contribution in [3.8, 4) is 6.07 Å². The van der Waals surface area contributed by atoms with Gasteiger partial charge in [0.2, 0.25) is 0 Å². The van der Waals surface area contributed by atoms with Crippen molar-refractivity contribution in [1.29, 1.82) is 5.26 Å². The first-order valence-electron chi connectivity index (χ1n) is 14.0. The number of aromatic nitrogens is 1. The number of ketones is 1. The Morgan fingerprint density at radius 1 is 1.12 bits per heavy atom. The number of nitrogens with one attached hydrogen (secondary N) is 1. The average Bonchev–Trinajstić information content (AvgIpc) is 2.98. The van der Waals surface area contributed by atoms with Crippen LogP contribution in [0.1, 0.15) is 95.4 Å². The fourth-order valence-corrected chi connectivity index (χ4v) is 4.13. The second kappa shape index (κ2) is 17.7. The minimum absolute atomic E-state index is 0.178. The van der Waals surface area contributed by atoms with Crippen LogP contribution in [-0.4, -0.2) is 30.0 Å². The van der Waals surface area contributed by atoms with Crippen LogP contribution in [0, 0.1) is 17.1 Å². The molecule has 40 heavy (non-hydrogen) atoms. The molecule has 3 rings (SSSR count). The lowest BCUT2D eigenvalue weighted by atomic mass is 9.93. The molecule has 0 spiro atoms. The summed E-state index contributed by atoms with van der Waals surface area (Å²) in [5.74, 6) is -0.787. The molecule has 1 aromatic carbocycles. The van der Waals surface area contributed by atoms with Gasteiger partial charge < -0.3 is 10.1 Å². The molecule has 5 nitrogen and oxygen atoms in total. The molecule has 0 saturated carbocycles. The predicted octanol–water partition coefficient (Wildman–Crippen LogP) is 8.95. The van der Waals surface area contributed by atoms with Gasteiger partial charge >= 0.3 is 0 Å². The Morgan fingerprint density at radius 3 is 2.33 bits per heavy atom. The third-order valence-electron chi connectivity index (χ3n) is 6.26. The topological polar surface area (TPSA) is 75.0 Å². The number of benzene rings is 1. The number of carbonyl (C=O) groups is 1. The zero-order valence-electron chi connectivity index (χ0n) is 25.3. The van der Waals surface area contributed by atoms with E-state index in [1.54, 1.807) is 13.0 Å². The third-order valence-corrected chi connectivity index (χ3v) is 6.26. The molecule has 1 aliphatic rings. The maximum absolute atomic E-state index is 14.6.